The van der Waals surface area contributed by atoms with E-state index in [-0.39, 0.29) is 5.75 Å². The van der Waals surface area contributed by atoms with E-state index in [9.17, 15) is 21.6 Å². The number of fused-ring (bicyclic) bond motifs is 1. The van der Waals surface area contributed by atoms with E-state index in [4.69, 9.17) is 4.74 Å². The maximum Gasteiger partial charge on any atom is 0.534 e. The van der Waals surface area contributed by atoms with E-state index in [1.54, 1.807) is 13.2 Å². The molecule has 10 heteroatoms. The quantitative estimate of drug-likeness (QED) is 0.237. The van der Waals surface area contributed by atoms with Crippen molar-refractivity contribution in [2.24, 2.45) is 0 Å². The van der Waals surface area contributed by atoms with E-state index in [0.717, 1.165) is 71.0 Å². The van der Waals surface area contributed by atoms with Crippen molar-refractivity contribution in [3.05, 3.63) is 89.0 Å². The van der Waals surface area contributed by atoms with Crippen LogP contribution in [0.1, 0.15) is 42.5 Å². The second-order valence-corrected chi connectivity index (χ2v) is 12.1. The zero-order valence-corrected chi connectivity index (χ0v) is 24.1. The fourth-order valence-electron chi connectivity index (χ4n) is 5.54. The van der Waals surface area contributed by atoms with Gasteiger partial charge in [0.05, 0.1) is 7.11 Å². The molecule has 0 atom stereocenters. The summed E-state index contributed by atoms with van der Waals surface area (Å²) in [6.07, 6.45) is 1.13. The molecule has 0 unspecified atom stereocenters. The van der Waals surface area contributed by atoms with Gasteiger partial charge in [0, 0.05) is 37.9 Å². The Morgan fingerprint density at radius 3 is 2.00 bits per heavy atom. The molecule has 0 bridgehead atoms. The molecule has 218 valence electrons. The Bertz CT molecular complexity index is 1530. The summed E-state index contributed by atoms with van der Waals surface area (Å²) in [5, 5.41) is 0. The number of rotatable bonds is 7. The molecule has 0 saturated carbocycles. The Labute approximate surface area is 239 Å². The lowest BCUT2D eigenvalue weighted by atomic mass is 9.79. The molecule has 3 aromatic carbocycles. The molecule has 1 saturated heterocycles. The summed E-state index contributed by atoms with van der Waals surface area (Å²) in [5.41, 5.74) is 1.23. The van der Waals surface area contributed by atoms with Crippen molar-refractivity contribution in [3.63, 3.8) is 0 Å². The number of ether oxygens (including phenoxy) is 1. The van der Waals surface area contributed by atoms with E-state index >= 15 is 0 Å². The lowest BCUT2D eigenvalue weighted by Gasteiger charge is -2.38. The topological polar surface area (TPSA) is 59.1 Å². The molecule has 1 fully saturated rings. The van der Waals surface area contributed by atoms with Crippen molar-refractivity contribution in [1.29, 1.82) is 0 Å². The van der Waals surface area contributed by atoms with Crippen LogP contribution in [0.15, 0.2) is 66.7 Å². The Morgan fingerprint density at radius 2 is 1.41 bits per heavy atom. The average Bonchev–Trinajstić information content (AvgIpc) is 2.96. The predicted molar refractivity (Wildman–Crippen MR) is 155 cm³/mol. The molecule has 3 aromatic rings. The van der Waals surface area contributed by atoms with Crippen LogP contribution in [0, 0.1) is 0 Å². The lowest BCUT2D eigenvalue weighted by molar-refractivity contribution is -0.0500. The van der Waals surface area contributed by atoms with E-state index in [0.29, 0.717) is 18.9 Å². The zero-order chi connectivity index (χ0) is 29.4. The van der Waals surface area contributed by atoms with Gasteiger partial charge in [-0.15, -0.1) is 0 Å². The smallest absolute Gasteiger partial charge is 0.497 e. The summed E-state index contributed by atoms with van der Waals surface area (Å²) in [6.45, 7) is 8.34. The highest BCUT2D eigenvalue weighted by Crippen LogP contribution is 2.43. The molecule has 2 aliphatic rings. The van der Waals surface area contributed by atoms with Crippen LogP contribution in [0.25, 0.3) is 11.1 Å². The second kappa shape index (κ2) is 11.4. The van der Waals surface area contributed by atoms with Gasteiger partial charge in [-0.1, -0.05) is 30.3 Å². The van der Waals surface area contributed by atoms with Crippen LogP contribution in [0.2, 0.25) is 0 Å². The first kappa shape index (κ1) is 29.0. The summed E-state index contributed by atoms with van der Waals surface area (Å²) in [7, 11) is -4.15. The third kappa shape index (κ3) is 6.08. The summed E-state index contributed by atoms with van der Waals surface area (Å²) in [6, 6.07) is 21.0. The maximum atomic E-state index is 12.9. The number of piperazine rings is 1. The third-order valence-corrected chi connectivity index (χ3v) is 8.76. The minimum Gasteiger partial charge on any atom is -0.497 e. The van der Waals surface area contributed by atoms with Crippen molar-refractivity contribution in [2.45, 2.75) is 38.2 Å². The number of allylic oxidation sites excluding steroid dienone is 1. The maximum absolute atomic E-state index is 12.9. The van der Waals surface area contributed by atoms with Crippen molar-refractivity contribution in [3.8, 4) is 11.5 Å². The van der Waals surface area contributed by atoms with Crippen LogP contribution in [0.5, 0.6) is 11.5 Å². The van der Waals surface area contributed by atoms with Gasteiger partial charge in [0.15, 0.2) is 0 Å². The van der Waals surface area contributed by atoms with E-state index in [2.05, 4.69) is 52.1 Å². The summed E-state index contributed by atoms with van der Waals surface area (Å²) in [4.78, 5) is 4.84. The van der Waals surface area contributed by atoms with Crippen molar-refractivity contribution >= 4 is 27.0 Å². The first-order valence-corrected chi connectivity index (χ1v) is 15.0. The number of aryl methyl sites for hydroxylation is 1. The van der Waals surface area contributed by atoms with Gasteiger partial charge in [0.2, 0.25) is 0 Å². The van der Waals surface area contributed by atoms with Crippen LogP contribution in [0.4, 0.5) is 18.9 Å². The van der Waals surface area contributed by atoms with Gasteiger partial charge in [-0.05, 0) is 96.5 Å². The third-order valence-electron chi connectivity index (χ3n) is 7.79. The number of hydrogen-bond donors (Lipinski definition) is 0. The highest BCUT2D eigenvalue weighted by molar-refractivity contribution is 7.88. The van der Waals surface area contributed by atoms with Crippen LogP contribution < -0.4 is 13.8 Å². The van der Waals surface area contributed by atoms with Crippen molar-refractivity contribution in [1.82, 2.24) is 4.90 Å². The van der Waals surface area contributed by atoms with Gasteiger partial charge in [0.25, 0.3) is 0 Å². The van der Waals surface area contributed by atoms with Gasteiger partial charge in [-0.2, -0.15) is 21.6 Å². The van der Waals surface area contributed by atoms with Crippen molar-refractivity contribution < 1.29 is 30.5 Å². The van der Waals surface area contributed by atoms with E-state index in [1.807, 2.05) is 24.3 Å². The molecule has 0 aromatic heterocycles. The predicted octanol–water partition coefficient (Wildman–Crippen LogP) is 6.36. The van der Waals surface area contributed by atoms with E-state index < -0.39 is 15.6 Å². The van der Waals surface area contributed by atoms with Crippen LogP contribution >= 0.6 is 0 Å². The number of alkyl halides is 3. The molecule has 1 heterocycles. The molecule has 41 heavy (non-hydrogen) atoms. The molecule has 6 nitrogen and oxygen atoms in total. The largest absolute Gasteiger partial charge is 0.534 e. The van der Waals surface area contributed by atoms with Gasteiger partial charge in [0.1, 0.15) is 11.5 Å². The molecule has 1 aliphatic heterocycles. The normalized spacial score (nSPS) is 16.6. The Morgan fingerprint density at radius 1 is 0.805 bits per heavy atom. The highest BCUT2D eigenvalue weighted by Gasteiger charge is 2.48. The van der Waals surface area contributed by atoms with Crippen LogP contribution in [0.3, 0.4) is 0 Å². The van der Waals surface area contributed by atoms with Crippen molar-refractivity contribution in [2.75, 3.05) is 38.2 Å². The Balaban J connectivity index is 1.52. The molecule has 5 rings (SSSR count). The fraction of sp³-hybridized carbons (Fsp3) is 0.355. The first-order valence-electron chi connectivity index (χ1n) is 13.6. The van der Waals surface area contributed by atoms with Gasteiger partial charge in [-0.3, -0.25) is 4.90 Å². The number of halogens is 3. The highest BCUT2D eigenvalue weighted by atomic mass is 32.2. The molecule has 0 spiro atoms. The number of nitrogens with zero attached hydrogens (tertiary/aromatic N) is 2. The second-order valence-electron chi connectivity index (χ2n) is 10.5. The van der Waals surface area contributed by atoms with Gasteiger partial charge >= 0.3 is 15.6 Å². The number of methoxy groups -OCH3 is 1. The molecular weight excluding hydrogens is 553 g/mol. The number of hydrogen-bond acceptors (Lipinski definition) is 6. The first-order chi connectivity index (χ1) is 19.5. The Kier molecular flexibility index (Phi) is 8.07. The van der Waals surface area contributed by atoms with Crippen LogP contribution in [-0.2, 0) is 16.5 Å². The number of benzene rings is 3. The van der Waals surface area contributed by atoms with E-state index in [1.165, 1.54) is 12.1 Å². The summed E-state index contributed by atoms with van der Waals surface area (Å²) >= 11 is 0. The molecule has 0 N–H and O–H groups in total. The standard InChI is InChI=1S/C31H33F3N2O4S/c1-21(2)35-16-18-36(19-17-35)25-9-4-23(5-10-25)30-28(22-6-11-26(39-3)12-7-22)14-8-24-20-27(13-15-29(24)30)40-41(37,38)31(32,33)34/h4-7,9-13,15,20-21H,8,14,16-19H2,1-3H3. The molecular formula is C31H33F3N2O4S. The van der Waals surface area contributed by atoms with Gasteiger partial charge < -0.3 is 13.8 Å². The van der Waals surface area contributed by atoms with Gasteiger partial charge in [-0.25, -0.2) is 0 Å². The lowest BCUT2D eigenvalue weighted by Crippen LogP contribution is -2.48. The monoisotopic (exact) mass is 586 g/mol. The molecule has 1 aliphatic carbocycles. The minimum atomic E-state index is -5.76. The minimum absolute atomic E-state index is 0.357. The summed E-state index contributed by atoms with van der Waals surface area (Å²) in [5.74, 6) is 0.380. The number of anilines is 1. The SMILES string of the molecule is COc1ccc(C2=C(c3ccc(N4CCN(C(C)C)CC4)cc3)c3ccc(OS(=O)(=O)C(F)(F)F)cc3CC2)cc1. The van der Waals surface area contributed by atoms with Crippen LogP contribution in [-0.4, -0.2) is 58.2 Å². The summed E-state index contributed by atoms with van der Waals surface area (Å²) < 4.78 is 71.7. The zero-order valence-electron chi connectivity index (χ0n) is 23.2. The average molecular weight is 587 g/mol. The fourth-order valence-corrected chi connectivity index (χ4v) is 5.99. The molecule has 0 amide bonds. The Hall–Kier alpha value is -3.50. The molecule has 0 radical (unpaired) electrons.